The molecule has 0 bridgehead atoms. The van der Waals surface area contributed by atoms with Crippen LogP contribution >= 0.6 is 0 Å². The topological polar surface area (TPSA) is 72.5 Å². The maximum absolute atomic E-state index is 10.5. The molecule has 0 saturated carbocycles. The quantitative estimate of drug-likeness (QED) is 0.275. The van der Waals surface area contributed by atoms with E-state index >= 15 is 0 Å². The first-order chi connectivity index (χ1) is 11.6. The van der Waals surface area contributed by atoms with E-state index in [1.165, 1.54) is 6.92 Å². The van der Waals surface area contributed by atoms with Gasteiger partial charge < -0.3 is 28.4 Å². The fourth-order valence-corrected chi connectivity index (χ4v) is 1.55. The molecule has 7 nitrogen and oxygen atoms in total. The Hall–Kier alpha value is -0.730. The lowest BCUT2D eigenvalue weighted by Gasteiger charge is -2.08. The molecule has 0 N–H and O–H groups in total. The van der Waals surface area contributed by atoms with Crippen LogP contribution in [0.4, 0.5) is 0 Å². The van der Waals surface area contributed by atoms with E-state index in [1.807, 2.05) is 0 Å². The summed E-state index contributed by atoms with van der Waals surface area (Å²) in [6.07, 6.45) is 1.08. The van der Waals surface area contributed by atoms with Gasteiger partial charge in [0.2, 0.25) is 0 Å². The zero-order valence-corrected chi connectivity index (χ0v) is 15.4. The highest BCUT2D eigenvalue weighted by Crippen LogP contribution is 1.98. The summed E-state index contributed by atoms with van der Waals surface area (Å²) in [6, 6.07) is 0. The van der Waals surface area contributed by atoms with Crippen molar-refractivity contribution < 1.29 is 33.2 Å². The summed E-state index contributed by atoms with van der Waals surface area (Å²) >= 11 is 0. The van der Waals surface area contributed by atoms with E-state index < -0.39 is 0 Å². The molecular formula is C17H34O7. The number of hydrogen-bond acceptors (Lipinski definition) is 7. The Morgan fingerprint density at radius 3 is 1.29 bits per heavy atom. The van der Waals surface area contributed by atoms with Crippen molar-refractivity contribution in [3.05, 3.63) is 0 Å². The molecule has 144 valence electrons. The lowest BCUT2D eigenvalue weighted by Crippen LogP contribution is -2.14. The number of esters is 1. The van der Waals surface area contributed by atoms with Crippen LogP contribution < -0.4 is 0 Å². The third kappa shape index (κ3) is 21.3. The summed E-state index contributed by atoms with van der Waals surface area (Å²) in [5.74, 6) is 0.378. The van der Waals surface area contributed by atoms with Crippen LogP contribution in [-0.4, -0.2) is 78.6 Å². The van der Waals surface area contributed by atoms with Gasteiger partial charge in [0.15, 0.2) is 0 Å². The van der Waals surface area contributed by atoms with Crippen LogP contribution in [0.3, 0.4) is 0 Å². The van der Waals surface area contributed by atoms with Gasteiger partial charge in [-0.3, -0.25) is 4.79 Å². The fourth-order valence-electron chi connectivity index (χ4n) is 1.55. The molecule has 0 unspecified atom stereocenters. The summed E-state index contributed by atoms with van der Waals surface area (Å²) in [4.78, 5) is 10.5. The summed E-state index contributed by atoms with van der Waals surface area (Å²) in [5, 5.41) is 0. The zero-order valence-electron chi connectivity index (χ0n) is 15.4. The van der Waals surface area contributed by atoms with Crippen LogP contribution in [0.2, 0.25) is 0 Å². The Bertz CT molecular complexity index is 272. The number of hydrogen-bond donors (Lipinski definition) is 0. The average Bonchev–Trinajstić information content (AvgIpc) is 2.53. The smallest absolute Gasteiger partial charge is 0.302 e. The minimum Gasteiger partial charge on any atom is -0.463 e. The van der Waals surface area contributed by atoms with Crippen molar-refractivity contribution in [3.63, 3.8) is 0 Å². The maximum Gasteiger partial charge on any atom is 0.302 e. The highest BCUT2D eigenvalue weighted by Gasteiger charge is 1.96. The Labute approximate surface area is 145 Å². The molecule has 0 heterocycles. The van der Waals surface area contributed by atoms with Gasteiger partial charge in [0, 0.05) is 13.5 Å². The molecule has 0 radical (unpaired) electrons. The molecule has 0 aliphatic carbocycles. The lowest BCUT2D eigenvalue weighted by atomic mass is 10.1. The lowest BCUT2D eigenvalue weighted by molar-refractivity contribution is -0.142. The van der Waals surface area contributed by atoms with Crippen molar-refractivity contribution in [3.8, 4) is 0 Å². The molecule has 0 aromatic rings. The zero-order chi connectivity index (χ0) is 17.9. The van der Waals surface area contributed by atoms with Crippen molar-refractivity contribution in [2.75, 3.05) is 72.7 Å². The van der Waals surface area contributed by atoms with E-state index in [1.54, 1.807) is 0 Å². The molecule has 0 atom stereocenters. The van der Waals surface area contributed by atoms with Gasteiger partial charge >= 0.3 is 5.97 Å². The van der Waals surface area contributed by atoms with Gasteiger partial charge in [0.25, 0.3) is 0 Å². The van der Waals surface area contributed by atoms with Crippen molar-refractivity contribution in [2.24, 2.45) is 5.92 Å². The molecule has 0 aliphatic rings. The minimum atomic E-state index is -0.297. The normalized spacial score (nSPS) is 11.2. The largest absolute Gasteiger partial charge is 0.463 e. The number of carbonyl (C=O) groups excluding carboxylic acids is 1. The first kappa shape index (κ1) is 23.3. The van der Waals surface area contributed by atoms with E-state index in [-0.39, 0.29) is 12.6 Å². The molecule has 0 fully saturated rings. The predicted octanol–water partition coefficient (Wildman–Crippen LogP) is 1.68. The van der Waals surface area contributed by atoms with Crippen molar-refractivity contribution in [2.45, 2.75) is 27.2 Å². The molecular weight excluding hydrogens is 316 g/mol. The Morgan fingerprint density at radius 2 is 0.958 bits per heavy atom. The summed E-state index contributed by atoms with van der Waals surface area (Å²) in [5.41, 5.74) is 0. The Morgan fingerprint density at radius 1 is 0.625 bits per heavy atom. The Kier molecular flexibility index (Phi) is 18.0. The second-order valence-electron chi connectivity index (χ2n) is 5.58. The first-order valence-corrected chi connectivity index (χ1v) is 8.65. The number of rotatable bonds is 18. The Balaban J connectivity index is 2.99. The van der Waals surface area contributed by atoms with E-state index in [0.29, 0.717) is 65.4 Å². The molecule has 24 heavy (non-hydrogen) atoms. The SMILES string of the molecule is CC(=O)OCCOCCOCCOCCOCCOCCC(C)C. The van der Waals surface area contributed by atoms with Gasteiger partial charge in [0.05, 0.1) is 59.5 Å². The van der Waals surface area contributed by atoms with Gasteiger partial charge in [-0.15, -0.1) is 0 Å². The van der Waals surface area contributed by atoms with Crippen molar-refractivity contribution in [1.82, 2.24) is 0 Å². The summed E-state index contributed by atoms with van der Waals surface area (Å²) in [6.45, 7) is 11.6. The van der Waals surface area contributed by atoms with Gasteiger partial charge in [-0.2, -0.15) is 0 Å². The van der Waals surface area contributed by atoms with E-state index in [2.05, 4.69) is 13.8 Å². The second-order valence-corrected chi connectivity index (χ2v) is 5.58. The van der Waals surface area contributed by atoms with Crippen LogP contribution in [0.1, 0.15) is 27.2 Å². The second kappa shape index (κ2) is 18.6. The van der Waals surface area contributed by atoms with Crippen molar-refractivity contribution in [1.29, 1.82) is 0 Å². The number of carbonyl (C=O) groups is 1. The highest BCUT2D eigenvalue weighted by atomic mass is 16.6. The third-order valence-electron chi connectivity index (χ3n) is 2.86. The van der Waals surface area contributed by atoms with E-state index in [0.717, 1.165) is 13.0 Å². The molecule has 0 aliphatic heterocycles. The molecule has 7 heteroatoms. The predicted molar refractivity (Wildman–Crippen MR) is 90.2 cm³/mol. The minimum absolute atomic E-state index is 0.279. The molecule has 0 saturated heterocycles. The molecule has 0 aromatic heterocycles. The molecule has 0 aromatic carbocycles. The highest BCUT2D eigenvalue weighted by molar-refractivity contribution is 5.65. The van der Waals surface area contributed by atoms with E-state index in [4.69, 9.17) is 28.4 Å². The number of ether oxygens (including phenoxy) is 6. The fraction of sp³-hybridized carbons (Fsp3) is 0.941. The van der Waals surface area contributed by atoms with Crippen LogP contribution in [0, 0.1) is 5.92 Å². The third-order valence-corrected chi connectivity index (χ3v) is 2.86. The molecule has 0 spiro atoms. The summed E-state index contributed by atoms with van der Waals surface area (Å²) < 4.78 is 31.5. The van der Waals surface area contributed by atoms with E-state index in [9.17, 15) is 4.79 Å². The standard InChI is InChI=1S/C17H34O7/c1-16(2)4-5-19-6-7-20-8-9-21-10-11-22-12-13-23-14-15-24-17(3)18/h16H,4-15H2,1-3H3. The summed E-state index contributed by atoms with van der Waals surface area (Å²) in [7, 11) is 0. The first-order valence-electron chi connectivity index (χ1n) is 8.65. The van der Waals surface area contributed by atoms with Crippen LogP contribution in [0.25, 0.3) is 0 Å². The molecule has 0 rings (SSSR count). The van der Waals surface area contributed by atoms with Gasteiger partial charge in [0.1, 0.15) is 6.61 Å². The molecule has 0 amide bonds. The van der Waals surface area contributed by atoms with Crippen LogP contribution in [0.5, 0.6) is 0 Å². The van der Waals surface area contributed by atoms with Gasteiger partial charge in [-0.05, 0) is 12.3 Å². The average molecular weight is 350 g/mol. The van der Waals surface area contributed by atoms with Crippen LogP contribution in [-0.2, 0) is 33.2 Å². The van der Waals surface area contributed by atoms with Gasteiger partial charge in [-0.1, -0.05) is 13.8 Å². The maximum atomic E-state index is 10.5. The monoisotopic (exact) mass is 350 g/mol. The van der Waals surface area contributed by atoms with Crippen LogP contribution in [0.15, 0.2) is 0 Å². The van der Waals surface area contributed by atoms with Crippen molar-refractivity contribution >= 4 is 5.97 Å². The van der Waals surface area contributed by atoms with Gasteiger partial charge in [-0.25, -0.2) is 0 Å².